The van der Waals surface area contributed by atoms with Gasteiger partial charge in [0, 0.05) is 59.7 Å². The summed E-state index contributed by atoms with van der Waals surface area (Å²) in [7, 11) is 4.13. The number of thiophene rings is 1. The Bertz CT molecular complexity index is 1100. The van der Waals surface area contributed by atoms with Crippen molar-refractivity contribution in [3.05, 3.63) is 53.2 Å². The Kier molecular flexibility index (Phi) is 5.73. The summed E-state index contributed by atoms with van der Waals surface area (Å²) in [6.07, 6.45) is 2.78. The Hall–Kier alpha value is -2.97. The minimum absolute atomic E-state index is 0.0772. The summed E-state index contributed by atoms with van der Waals surface area (Å²) in [6.45, 7) is 1.91. The molecule has 4 rings (SSSR count). The number of hydrogen-bond acceptors (Lipinski definition) is 6. The Morgan fingerprint density at radius 2 is 2.17 bits per heavy atom. The predicted molar refractivity (Wildman–Crippen MR) is 115 cm³/mol. The second kappa shape index (κ2) is 8.59. The highest BCUT2D eigenvalue weighted by Crippen LogP contribution is 2.21. The number of anilines is 1. The lowest BCUT2D eigenvalue weighted by molar-refractivity contribution is -0.116. The van der Waals surface area contributed by atoms with Gasteiger partial charge in [-0.25, -0.2) is 0 Å². The molecule has 0 aliphatic rings. The van der Waals surface area contributed by atoms with Gasteiger partial charge < -0.3 is 19.3 Å². The quantitative estimate of drug-likeness (QED) is 0.478. The van der Waals surface area contributed by atoms with Crippen LogP contribution >= 0.6 is 11.3 Å². The van der Waals surface area contributed by atoms with Gasteiger partial charge in [0.25, 0.3) is 0 Å². The van der Waals surface area contributed by atoms with E-state index in [-0.39, 0.29) is 12.3 Å². The monoisotopic (exact) mass is 409 g/mol. The smallest absolute Gasteiger partial charge is 0.227 e. The van der Waals surface area contributed by atoms with E-state index in [9.17, 15) is 4.79 Å². The summed E-state index contributed by atoms with van der Waals surface area (Å²) in [4.78, 5) is 18.8. The molecule has 1 N–H and O–H groups in total. The van der Waals surface area contributed by atoms with Gasteiger partial charge in [-0.05, 0) is 49.8 Å². The highest BCUT2D eigenvalue weighted by molar-refractivity contribution is 7.08. The van der Waals surface area contributed by atoms with Crippen LogP contribution in [-0.4, -0.2) is 46.2 Å². The lowest BCUT2D eigenvalue weighted by Crippen LogP contribution is -2.17. The number of likely N-dealkylation sites (N-methyl/N-ethyl adjacent to an activating group) is 1. The minimum Gasteiger partial charge on any atom is -0.346 e. The molecule has 1 aromatic carbocycles. The van der Waals surface area contributed by atoms with Crippen LogP contribution in [0.5, 0.6) is 0 Å². The molecule has 0 fully saturated rings. The van der Waals surface area contributed by atoms with Gasteiger partial charge >= 0.3 is 0 Å². The maximum atomic E-state index is 12.3. The molecule has 0 saturated heterocycles. The number of carbonyl (C=O) groups excluding carboxylic acids is 1. The molecule has 3 heterocycles. The average molecular weight is 410 g/mol. The van der Waals surface area contributed by atoms with E-state index in [0.29, 0.717) is 18.1 Å². The van der Waals surface area contributed by atoms with Crippen LogP contribution in [0.25, 0.3) is 22.3 Å². The van der Waals surface area contributed by atoms with Crippen LogP contribution in [0.3, 0.4) is 0 Å². The molecule has 0 radical (unpaired) electrons. The second-order valence-electron chi connectivity index (χ2n) is 7.16. The first-order valence-electron chi connectivity index (χ1n) is 9.47. The molecule has 29 heavy (non-hydrogen) atoms. The summed E-state index contributed by atoms with van der Waals surface area (Å²) in [5.41, 5.74) is 2.88. The lowest BCUT2D eigenvalue weighted by atomic mass is 10.2. The molecule has 0 unspecified atom stereocenters. The fraction of sp³-hybridized carbons (Fsp3) is 0.286. The lowest BCUT2D eigenvalue weighted by Gasteiger charge is -2.11. The van der Waals surface area contributed by atoms with Crippen molar-refractivity contribution in [2.45, 2.75) is 19.4 Å². The van der Waals surface area contributed by atoms with E-state index >= 15 is 0 Å². The Balaban J connectivity index is 1.34. The zero-order valence-corrected chi connectivity index (χ0v) is 17.3. The molecular formula is C21H23N5O2S. The molecule has 150 valence electrons. The van der Waals surface area contributed by atoms with Gasteiger partial charge in [0.15, 0.2) is 0 Å². The number of amides is 1. The topological polar surface area (TPSA) is 76.2 Å². The summed E-state index contributed by atoms with van der Waals surface area (Å²) in [5, 5.41) is 12.0. The summed E-state index contributed by atoms with van der Waals surface area (Å²) in [6, 6.07) is 10.0. The molecule has 0 saturated carbocycles. The van der Waals surface area contributed by atoms with E-state index in [0.717, 1.165) is 35.2 Å². The van der Waals surface area contributed by atoms with Gasteiger partial charge in [-0.3, -0.25) is 4.79 Å². The average Bonchev–Trinajstić information content (AvgIpc) is 3.44. The maximum absolute atomic E-state index is 12.3. The van der Waals surface area contributed by atoms with Crippen LogP contribution in [0.2, 0.25) is 0 Å². The third-order valence-corrected chi connectivity index (χ3v) is 5.34. The van der Waals surface area contributed by atoms with E-state index in [2.05, 4.69) is 51.3 Å². The van der Waals surface area contributed by atoms with Crippen LogP contribution in [0, 0.1) is 0 Å². The van der Waals surface area contributed by atoms with Crippen molar-refractivity contribution in [2.75, 3.05) is 26.0 Å². The first-order valence-corrected chi connectivity index (χ1v) is 10.4. The van der Waals surface area contributed by atoms with Crippen molar-refractivity contribution in [1.29, 1.82) is 0 Å². The third-order valence-electron chi connectivity index (χ3n) is 4.66. The van der Waals surface area contributed by atoms with E-state index < -0.39 is 0 Å². The molecule has 0 atom stereocenters. The summed E-state index contributed by atoms with van der Waals surface area (Å²) in [5.74, 6) is 0.951. The van der Waals surface area contributed by atoms with Gasteiger partial charge in [-0.15, -0.1) is 0 Å². The van der Waals surface area contributed by atoms with Crippen molar-refractivity contribution in [2.24, 2.45) is 0 Å². The zero-order chi connectivity index (χ0) is 20.2. The Morgan fingerprint density at radius 3 is 2.97 bits per heavy atom. The SMILES string of the molecule is CN(C)CCn1ccc2cc(NC(=O)CCc3nc(-c4ccsc4)no3)ccc21. The number of carbonyl (C=O) groups is 1. The first kappa shape index (κ1) is 19.4. The van der Waals surface area contributed by atoms with E-state index in [1.807, 2.05) is 35.0 Å². The first-order chi connectivity index (χ1) is 14.1. The minimum atomic E-state index is -0.0772. The van der Waals surface area contributed by atoms with Crippen molar-refractivity contribution in [3.8, 4) is 11.4 Å². The van der Waals surface area contributed by atoms with Crippen molar-refractivity contribution < 1.29 is 9.32 Å². The normalized spacial score (nSPS) is 11.4. The third kappa shape index (κ3) is 4.72. The molecule has 7 nitrogen and oxygen atoms in total. The van der Waals surface area contributed by atoms with Gasteiger partial charge in [0.2, 0.25) is 17.6 Å². The van der Waals surface area contributed by atoms with Crippen molar-refractivity contribution in [1.82, 2.24) is 19.6 Å². The number of nitrogens with one attached hydrogen (secondary N) is 1. The van der Waals surface area contributed by atoms with Crippen molar-refractivity contribution >= 4 is 33.8 Å². The van der Waals surface area contributed by atoms with Crippen LogP contribution in [0.1, 0.15) is 12.3 Å². The standard InChI is InChI=1S/C21H23N5O2S/c1-25(2)10-11-26-9-7-15-13-17(3-4-18(15)26)22-19(27)5-6-20-23-21(24-28-20)16-8-12-29-14-16/h3-4,7-9,12-14H,5-6,10-11H2,1-2H3,(H,22,27). The largest absolute Gasteiger partial charge is 0.346 e. The number of benzene rings is 1. The molecule has 0 spiro atoms. The Labute approximate surface area is 172 Å². The van der Waals surface area contributed by atoms with Crippen molar-refractivity contribution in [3.63, 3.8) is 0 Å². The van der Waals surface area contributed by atoms with Crippen LogP contribution in [0.15, 0.2) is 51.8 Å². The van der Waals surface area contributed by atoms with Crippen LogP contribution < -0.4 is 5.32 Å². The molecule has 8 heteroatoms. The van der Waals surface area contributed by atoms with E-state index in [1.165, 1.54) is 0 Å². The van der Waals surface area contributed by atoms with Gasteiger partial charge in [-0.1, -0.05) is 5.16 Å². The molecule has 1 amide bonds. The highest BCUT2D eigenvalue weighted by Gasteiger charge is 2.11. The van der Waals surface area contributed by atoms with Crippen LogP contribution in [-0.2, 0) is 17.8 Å². The molecule has 0 aliphatic heterocycles. The van der Waals surface area contributed by atoms with Gasteiger partial charge in [0.05, 0.1) is 0 Å². The predicted octanol–water partition coefficient (Wildman–Crippen LogP) is 3.89. The molecular weight excluding hydrogens is 386 g/mol. The Morgan fingerprint density at radius 1 is 1.28 bits per heavy atom. The fourth-order valence-corrected chi connectivity index (χ4v) is 3.72. The van der Waals surface area contributed by atoms with E-state index in [1.54, 1.807) is 11.3 Å². The number of rotatable bonds is 8. The fourth-order valence-electron chi connectivity index (χ4n) is 3.09. The molecule has 3 aromatic heterocycles. The second-order valence-corrected chi connectivity index (χ2v) is 7.94. The molecule has 0 aliphatic carbocycles. The number of fused-ring (bicyclic) bond motifs is 1. The summed E-state index contributed by atoms with van der Waals surface area (Å²) < 4.78 is 7.47. The van der Waals surface area contributed by atoms with Gasteiger partial charge in [-0.2, -0.15) is 16.3 Å². The zero-order valence-electron chi connectivity index (χ0n) is 16.5. The molecule has 0 bridgehead atoms. The highest BCUT2D eigenvalue weighted by atomic mass is 32.1. The molecule has 4 aromatic rings. The van der Waals surface area contributed by atoms with Gasteiger partial charge in [0.1, 0.15) is 0 Å². The summed E-state index contributed by atoms with van der Waals surface area (Å²) >= 11 is 1.58. The van der Waals surface area contributed by atoms with Crippen LogP contribution in [0.4, 0.5) is 5.69 Å². The number of aromatic nitrogens is 3. The number of hydrogen-bond donors (Lipinski definition) is 1. The number of nitrogens with zero attached hydrogens (tertiary/aromatic N) is 4. The number of aryl methyl sites for hydroxylation is 1. The van der Waals surface area contributed by atoms with E-state index in [4.69, 9.17) is 4.52 Å². The maximum Gasteiger partial charge on any atom is 0.227 e.